The summed E-state index contributed by atoms with van der Waals surface area (Å²) in [4.78, 5) is 9.03. The topological polar surface area (TPSA) is 85.8 Å². The third-order valence-corrected chi connectivity index (χ3v) is 7.09. The average Bonchev–Trinajstić information content (AvgIpc) is 3.57. The first-order valence-corrected chi connectivity index (χ1v) is 12.5. The molecule has 7 nitrogen and oxygen atoms in total. The van der Waals surface area contributed by atoms with E-state index in [-0.39, 0.29) is 0 Å². The van der Waals surface area contributed by atoms with Crippen LogP contribution in [-0.4, -0.2) is 0 Å². The van der Waals surface area contributed by atoms with Crippen LogP contribution in [-0.2, 0) is 0 Å². The standard InChI is InChI=1S/C34H15N5O2/c1-37-22-4-8-28-30-10-6-25(17-34(30)41-32(28)15-22)39(26-12-21(19-36)11-23(14-26)38-2)24-5-9-29-27-7-3-20(18-35)13-31(27)40-33(29)16-24/h3-17H. The van der Waals surface area contributed by atoms with E-state index in [9.17, 15) is 10.5 Å². The van der Waals surface area contributed by atoms with Crippen molar-refractivity contribution in [1.82, 2.24) is 0 Å². The van der Waals surface area contributed by atoms with E-state index >= 15 is 0 Å². The largest absolute Gasteiger partial charge is 0.457 e. The van der Waals surface area contributed by atoms with Crippen LogP contribution in [0.3, 0.4) is 0 Å². The molecule has 0 aliphatic carbocycles. The highest BCUT2D eigenvalue weighted by Gasteiger charge is 2.19. The number of fused-ring (bicyclic) bond motifs is 6. The minimum atomic E-state index is 0.342. The minimum absolute atomic E-state index is 0.342. The smallest absolute Gasteiger partial charge is 0.190 e. The number of nitriles is 2. The summed E-state index contributed by atoms with van der Waals surface area (Å²) in [5.41, 5.74) is 6.36. The van der Waals surface area contributed by atoms with Crippen molar-refractivity contribution in [3.05, 3.63) is 125 Å². The van der Waals surface area contributed by atoms with E-state index < -0.39 is 0 Å². The quantitative estimate of drug-likeness (QED) is 0.214. The zero-order valence-electron chi connectivity index (χ0n) is 21.2. The van der Waals surface area contributed by atoms with Crippen molar-refractivity contribution in [1.29, 1.82) is 10.5 Å². The summed E-state index contributed by atoms with van der Waals surface area (Å²) >= 11 is 0. The van der Waals surface area contributed by atoms with Gasteiger partial charge in [0.05, 0.1) is 30.8 Å². The Morgan fingerprint density at radius 2 is 1.05 bits per heavy atom. The highest BCUT2D eigenvalue weighted by molar-refractivity contribution is 6.08. The summed E-state index contributed by atoms with van der Waals surface area (Å²) in [6.07, 6.45) is 0. The molecule has 0 saturated carbocycles. The molecule has 0 saturated heterocycles. The monoisotopic (exact) mass is 525 g/mol. The van der Waals surface area contributed by atoms with Gasteiger partial charge in [0.25, 0.3) is 0 Å². The average molecular weight is 526 g/mol. The van der Waals surface area contributed by atoms with Gasteiger partial charge in [-0.05, 0) is 66.7 Å². The van der Waals surface area contributed by atoms with E-state index in [0.29, 0.717) is 50.5 Å². The number of nitrogens with zero attached hydrogens (tertiary/aromatic N) is 5. The molecule has 0 aliphatic rings. The van der Waals surface area contributed by atoms with Crippen molar-refractivity contribution in [2.24, 2.45) is 0 Å². The maximum absolute atomic E-state index is 9.69. The predicted octanol–water partition coefficient (Wildman–Crippen LogP) is 9.80. The van der Waals surface area contributed by atoms with Crippen LogP contribution in [0.2, 0.25) is 0 Å². The van der Waals surface area contributed by atoms with Crippen LogP contribution in [0.15, 0.2) is 99.8 Å². The number of hydrogen-bond acceptors (Lipinski definition) is 5. The molecule has 0 fully saturated rings. The molecule has 0 radical (unpaired) electrons. The lowest BCUT2D eigenvalue weighted by molar-refractivity contribution is 0.669. The first-order chi connectivity index (χ1) is 20.1. The third-order valence-electron chi connectivity index (χ3n) is 7.09. The number of benzene rings is 5. The van der Waals surface area contributed by atoms with E-state index in [2.05, 4.69) is 21.8 Å². The van der Waals surface area contributed by atoms with Crippen LogP contribution in [0.25, 0.3) is 53.6 Å². The molecule has 7 aromatic rings. The van der Waals surface area contributed by atoms with E-state index in [1.807, 2.05) is 53.4 Å². The Morgan fingerprint density at radius 3 is 1.63 bits per heavy atom. The van der Waals surface area contributed by atoms with Gasteiger partial charge < -0.3 is 13.7 Å². The zero-order valence-corrected chi connectivity index (χ0v) is 21.2. The molecule has 0 bridgehead atoms. The van der Waals surface area contributed by atoms with Crippen LogP contribution in [0, 0.1) is 35.8 Å². The molecule has 2 aromatic heterocycles. The van der Waals surface area contributed by atoms with Gasteiger partial charge in [-0.1, -0.05) is 12.1 Å². The van der Waals surface area contributed by atoms with Gasteiger partial charge in [0.15, 0.2) is 11.4 Å². The van der Waals surface area contributed by atoms with Gasteiger partial charge in [0.2, 0.25) is 0 Å². The Hall–Kier alpha value is -6.54. The van der Waals surface area contributed by atoms with Crippen LogP contribution in [0.4, 0.5) is 28.4 Å². The number of anilines is 3. The summed E-state index contributed by atoms with van der Waals surface area (Å²) in [6.45, 7) is 14.9. The second-order valence-electron chi connectivity index (χ2n) is 9.48. The molecule has 0 unspecified atom stereocenters. The number of furan rings is 2. The Balaban J connectivity index is 1.46. The fourth-order valence-corrected chi connectivity index (χ4v) is 5.24. The van der Waals surface area contributed by atoms with Crippen LogP contribution in [0.5, 0.6) is 0 Å². The minimum Gasteiger partial charge on any atom is -0.457 e. The fourth-order valence-electron chi connectivity index (χ4n) is 5.24. The number of rotatable bonds is 3. The molecular weight excluding hydrogens is 510 g/mol. The summed E-state index contributed by atoms with van der Waals surface area (Å²) in [5.74, 6) is 0. The van der Waals surface area contributed by atoms with Crippen LogP contribution in [0.1, 0.15) is 11.1 Å². The van der Waals surface area contributed by atoms with Gasteiger partial charge in [0.1, 0.15) is 22.3 Å². The Labute approximate surface area is 233 Å². The number of hydrogen-bond donors (Lipinski definition) is 0. The molecule has 0 atom stereocenters. The van der Waals surface area contributed by atoms with Gasteiger partial charge in [-0.25, -0.2) is 9.69 Å². The van der Waals surface area contributed by atoms with Crippen LogP contribution >= 0.6 is 0 Å². The molecule has 0 amide bonds. The first-order valence-electron chi connectivity index (χ1n) is 12.5. The lowest BCUT2D eigenvalue weighted by Gasteiger charge is -2.26. The summed E-state index contributed by atoms with van der Waals surface area (Å²) in [6, 6.07) is 31.7. The van der Waals surface area contributed by atoms with Gasteiger partial charge >= 0.3 is 0 Å². The van der Waals surface area contributed by atoms with Crippen molar-refractivity contribution in [3.8, 4) is 12.1 Å². The van der Waals surface area contributed by atoms with E-state index in [1.165, 1.54) is 0 Å². The second-order valence-corrected chi connectivity index (χ2v) is 9.48. The van der Waals surface area contributed by atoms with Gasteiger partial charge in [-0.15, -0.1) is 0 Å². The van der Waals surface area contributed by atoms with Crippen molar-refractivity contribution in [2.75, 3.05) is 4.90 Å². The normalized spacial score (nSPS) is 10.8. The predicted molar refractivity (Wildman–Crippen MR) is 158 cm³/mol. The SMILES string of the molecule is [C-]#[N+]c1cc(C#N)cc(N(c2ccc3c(c2)oc2cc(C#N)ccc23)c2ccc3c(c2)oc2cc([N+]#[C-])ccc23)c1. The van der Waals surface area contributed by atoms with Crippen molar-refractivity contribution in [3.63, 3.8) is 0 Å². The first kappa shape index (κ1) is 23.6. The lowest BCUT2D eigenvalue weighted by Crippen LogP contribution is -2.10. The molecule has 7 heteroatoms. The maximum Gasteiger partial charge on any atom is 0.190 e. The molecule has 41 heavy (non-hydrogen) atoms. The van der Waals surface area contributed by atoms with E-state index in [1.54, 1.807) is 42.5 Å². The third kappa shape index (κ3) is 3.79. The molecule has 188 valence electrons. The van der Waals surface area contributed by atoms with E-state index in [0.717, 1.165) is 32.9 Å². The Kier molecular flexibility index (Phi) is 5.19. The van der Waals surface area contributed by atoms with Gasteiger partial charge in [-0.3, -0.25) is 0 Å². The molecule has 0 spiro atoms. The highest BCUT2D eigenvalue weighted by Crippen LogP contribution is 2.42. The lowest BCUT2D eigenvalue weighted by atomic mass is 10.1. The van der Waals surface area contributed by atoms with Crippen molar-refractivity contribution in [2.45, 2.75) is 0 Å². The Bertz CT molecular complexity index is 2220. The van der Waals surface area contributed by atoms with Crippen LogP contribution < -0.4 is 4.90 Å². The van der Waals surface area contributed by atoms with E-state index in [4.69, 9.17) is 22.0 Å². The van der Waals surface area contributed by atoms with Gasteiger partial charge in [0, 0.05) is 56.3 Å². The second kappa shape index (κ2) is 9.04. The van der Waals surface area contributed by atoms with Crippen molar-refractivity contribution >= 4 is 72.3 Å². The Morgan fingerprint density at radius 1 is 0.512 bits per heavy atom. The zero-order chi connectivity index (χ0) is 28.1. The summed E-state index contributed by atoms with van der Waals surface area (Å²) < 4.78 is 12.3. The van der Waals surface area contributed by atoms with Crippen molar-refractivity contribution < 1.29 is 8.83 Å². The molecule has 2 heterocycles. The molecular formula is C34H15N5O2. The van der Waals surface area contributed by atoms with Gasteiger partial charge in [-0.2, -0.15) is 10.5 Å². The molecule has 0 aliphatic heterocycles. The highest BCUT2D eigenvalue weighted by atomic mass is 16.3. The molecule has 5 aromatic carbocycles. The maximum atomic E-state index is 9.69. The molecule has 0 N–H and O–H groups in total. The fraction of sp³-hybridized carbons (Fsp3) is 0. The summed E-state index contributed by atoms with van der Waals surface area (Å²) in [7, 11) is 0. The summed E-state index contributed by atoms with van der Waals surface area (Å²) in [5, 5.41) is 22.6. The molecule has 7 rings (SSSR count).